The third-order valence-electron chi connectivity index (χ3n) is 8.51. The summed E-state index contributed by atoms with van der Waals surface area (Å²) in [7, 11) is 1.64. The lowest BCUT2D eigenvalue weighted by Crippen LogP contribution is -2.36. The van der Waals surface area contributed by atoms with Crippen LogP contribution < -0.4 is 17.3 Å². The first-order valence-corrected chi connectivity index (χ1v) is 15.1. The SMILES string of the molecule is CN(N)/N=C(\N)c1ccc2nc(-c3ccc(CN4CCC(n5c(=O)[nH]c6ncccc65)CC4)cc3)c(-c3ccccc3)cc2c1. The average Bonchev–Trinajstić information content (AvgIpc) is 3.40. The molecular weight excluding hydrogens is 562 g/mol. The number of imidazole rings is 1. The van der Waals surface area contributed by atoms with Gasteiger partial charge in [0.25, 0.3) is 0 Å². The van der Waals surface area contributed by atoms with Gasteiger partial charge in [-0.25, -0.2) is 25.7 Å². The van der Waals surface area contributed by atoms with Crippen LogP contribution in [0.5, 0.6) is 0 Å². The maximum atomic E-state index is 12.7. The summed E-state index contributed by atoms with van der Waals surface area (Å²) in [5.74, 6) is 6.02. The van der Waals surface area contributed by atoms with Crippen molar-refractivity contribution < 1.29 is 0 Å². The number of hydrogen-bond donors (Lipinski definition) is 3. The van der Waals surface area contributed by atoms with Gasteiger partial charge >= 0.3 is 5.69 Å². The summed E-state index contributed by atoms with van der Waals surface area (Å²) >= 11 is 0. The summed E-state index contributed by atoms with van der Waals surface area (Å²) in [6.07, 6.45) is 3.55. The number of likely N-dealkylation sites (tertiary alicyclic amines) is 1. The number of H-pyrrole nitrogens is 1. The molecule has 0 saturated carbocycles. The Morgan fingerprint density at radius 1 is 0.978 bits per heavy atom. The summed E-state index contributed by atoms with van der Waals surface area (Å²) in [6.45, 7) is 2.71. The number of nitrogens with two attached hydrogens (primary N) is 2. The highest BCUT2D eigenvalue weighted by Gasteiger charge is 2.24. The van der Waals surface area contributed by atoms with E-state index in [0.717, 1.165) is 76.8 Å². The molecule has 10 nitrogen and oxygen atoms in total. The Bertz CT molecular complexity index is 2060. The maximum Gasteiger partial charge on any atom is 0.327 e. The molecule has 3 aromatic heterocycles. The van der Waals surface area contributed by atoms with Crippen LogP contribution in [0, 0.1) is 0 Å². The Kier molecular flexibility index (Phi) is 7.58. The Morgan fingerprint density at radius 3 is 2.51 bits per heavy atom. The number of aromatic amines is 1. The topological polar surface area (TPSA) is 134 Å². The molecule has 0 aliphatic carbocycles. The van der Waals surface area contributed by atoms with Crippen LogP contribution in [0.3, 0.4) is 0 Å². The molecule has 0 amide bonds. The number of piperidine rings is 1. The van der Waals surface area contributed by atoms with Gasteiger partial charge < -0.3 is 5.73 Å². The van der Waals surface area contributed by atoms with E-state index in [1.807, 2.05) is 53.1 Å². The van der Waals surface area contributed by atoms with Gasteiger partial charge in [-0.05, 0) is 60.4 Å². The van der Waals surface area contributed by atoms with Crippen LogP contribution in [0.1, 0.15) is 30.0 Å². The molecule has 1 aliphatic heterocycles. The van der Waals surface area contributed by atoms with Crippen molar-refractivity contribution in [3.63, 3.8) is 0 Å². The van der Waals surface area contributed by atoms with E-state index in [0.29, 0.717) is 11.5 Å². The third-order valence-corrected chi connectivity index (χ3v) is 8.51. The molecule has 4 heterocycles. The van der Waals surface area contributed by atoms with Gasteiger partial charge in [-0.3, -0.25) is 14.5 Å². The fraction of sp³-hybridized carbons (Fsp3) is 0.200. The lowest BCUT2D eigenvalue weighted by molar-refractivity contribution is 0.180. The molecule has 6 aromatic rings. The molecule has 0 bridgehead atoms. The van der Waals surface area contributed by atoms with Crippen LogP contribution in [0.25, 0.3) is 44.5 Å². The molecule has 3 aromatic carbocycles. The molecule has 1 saturated heterocycles. The quantitative estimate of drug-likeness (QED) is 0.103. The number of hydrazone groups is 1. The lowest BCUT2D eigenvalue weighted by atomic mass is 9.96. The summed E-state index contributed by atoms with van der Waals surface area (Å²) < 4.78 is 1.89. The van der Waals surface area contributed by atoms with Crippen LogP contribution in [-0.2, 0) is 6.54 Å². The molecule has 5 N–H and O–H groups in total. The van der Waals surface area contributed by atoms with Crippen molar-refractivity contribution in [3.8, 4) is 22.4 Å². The minimum atomic E-state index is -0.0762. The first kappa shape index (κ1) is 28.5. The second kappa shape index (κ2) is 12.0. The van der Waals surface area contributed by atoms with Crippen molar-refractivity contribution in [2.75, 3.05) is 20.1 Å². The van der Waals surface area contributed by atoms with Gasteiger partial charge in [0.2, 0.25) is 0 Å². The van der Waals surface area contributed by atoms with Crippen LogP contribution in [0.4, 0.5) is 0 Å². The summed E-state index contributed by atoms with van der Waals surface area (Å²) in [4.78, 5) is 27.4. The van der Waals surface area contributed by atoms with E-state index in [1.165, 1.54) is 10.7 Å². The number of fused-ring (bicyclic) bond motifs is 2. The number of nitrogens with zero attached hydrogens (tertiary/aromatic N) is 6. The van der Waals surface area contributed by atoms with Crippen LogP contribution in [0.2, 0.25) is 0 Å². The predicted molar refractivity (Wildman–Crippen MR) is 179 cm³/mol. The molecule has 0 unspecified atom stereocenters. The van der Waals surface area contributed by atoms with Gasteiger partial charge in [0.1, 0.15) is 0 Å². The van der Waals surface area contributed by atoms with Gasteiger partial charge in [-0.1, -0.05) is 54.6 Å². The zero-order valence-electron chi connectivity index (χ0n) is 25.1. The zero-order chi connectivity index (χ0) is 30.9. The first-order valence-electron chi connectivity index (χ1n) is 15.1. The van der Waals surface area contributed by atoms with Gasteiger partial charge in [0, 0.05) is 61.0 Å². The van der Waals surface area contributed by atoms with Crippen molar-refractivity contribution >= 4 is 27.9 Å². The first-order chi connectivity index (χ1) is 21.9. The minimum Gasteiger partial charge on any atom is -0.382 e. The maximum absolute atomic E-state index is 12.7. The largest absolute Gasteiger partial charge is 0.382 e. The Hall–Kier alpha value is -5.32. The number of pyridine rings is 2. The molecule has 0 radical (unpaired) electrons. The predicted octanol–water partition coefficient (Wildman–Crippen LogP) is 4.87. The van der Waals surface area contributed by atoms with Crippen molar-refractivity contribution in [2.45, 2.75) is 25.4 Å². The van der Waals surface area contributed by atoms with Crippen molar-refractivity contribution in [1.82, 2.24) is 29.5 Å². The van der Waals surface area contributed by atoms with E-state index in [9.17, 15) is 4.79 Å². The second-order valence-electron chi connectivity index (χ2n) is 11.6. The number of hydrazine groups is 1. The van der Waals surface area contributed by atoms with Crippen molar-refractivity contribution in [2.24, 2.45) is 16.7 Å². The molecule has 10 heteroatoms. The zero-order valence-corrected chi connectivity index (χ0v) is 25.1. The number of rotatable bonds is 7. The van der Waals surface area contributed by atoms with E-state index in [4.69, 9.17) is 16.6 Å². The number of aromatic nitrogens is 4. The average molecular weight is 598 g/mol. The molecule has 1 fully saturated rings. The molecule has 0 atom stereocenters. The van der Waals surface area contributed by atoms with Crippen molar-refractivity contribution in [1.29, 1.82) is 0 Å². The van der Waals surface area contributed by atoms with E-state index in [-0.39, 0.29) is 11.7 Å². The Balaban J connectivity index is 1.12. The van der Waals surface area contributed by atoms with E-state index in [2.05, 4.69) is 62.4 Å². The van der Waals surface area contributed by atoms with Crippen LogP contribution in [-0.4, -0.2) is 55.5 Å². The van der Waals surface area contributed by atoms with Crippen LogP contribution >= 0.6 is 0 Å². The standard InChI is InChI=1S/C35H35N9O/c1-42(37)41-33(36)26-13-14-30-27(20-26)21-29(24-6-3-2-4-7-24)32(39-30)25-11-9-23(10-12-25)22-43-18-15-28(16-19-43)44-31-8-5-17-38-34(31)40-35(44)45/h2-14,17,20-21,28H,15-16,18-19,22,37H2,1H3,(H2,36,41)(H,38,40,45). The fourth-order valence-corrected chi connectivity index (χ4v) is 6.30. The van der Waals surface area contributed by atoms with Gasteiger partial charge in [-0.15, -0.1) is 5.10 Å². The van der Waals surface area contributed by atoms with Crippen LogP contribution in [0.15, 0.2) is 107 Å². The van der Waals surface area contributed by atoms with E-state index < -0.39 is 0 Å². The Morgan fingerprint density at radius 2 is 1.76 bits per heavy atom. The lowest BCUT2D eigenvalue weighted by Gasteiger charge is -2.32. The molecule has 1 aliphatic rings. The van der Waals surface area contributed by atoms with Gasteiger partial charge in [-0.2, -0.15) is 0 Å². The highest BCUT2D eigenvalue weighted by atomic mass is 16.1. The smallest absolute Gasteiger partial charge is 0.327 e. The van der Waals surface area contributed by atoms with Gasteiger partial charge in [0.05, 0.1) is 16.7 Å². The second-order valence-corrected chi connectivity index (χ2v) is 11.6. The highest BCUT2D eigenvalue weighted by molar-refractivity contribution is 6.01. The minimum absolute atomic E-state index is 0.0762. The normalized spacial score (nSPS) is 14.8. The fourth-order valence-electron chi connectivity index (χ4n) is 6.30. The highest BCUT2D eigenvalue weighted by Crippen LogP contribution is 2.34. The molecule has 0 spiro atoms. The molecule has 45 heavy (non-hydrogen) atoms. The molecular formula is C35H35N9O. The number of benzene rings is 3. The summed E-state index contributed by atoms with van der Waals surface area (Å²) in [6, 6.07) is 31.1. The monoisotopic (exact) mass is 597 g/mol. The van der Waals surface area contributed by atoms with E-state index in [1.54, 1.807) is 13.2 Å². The van der Waals surface area contributed by atoms with Gasteiger partial charge in [0.15, 0.2) is 11.5 Å². The number of nitrogens with one attached hydrogen (secondary N) is 1. The molecule has 7 rings (SSSR count). The van der Waals surface area contributed by atoms with Crippen molar-refractivity contribution in [3.05, 3.63) is 119 Å². The number of hydrogen-bond acceptors (Lipinski definition) is 7. The summed E-state index contributed by atoms with van der Waals surface area (Å²) in [5, 5.41) is 6.32. The summed E-state index contributed by atoms with van der Waals surface area (Å²) in [5.41, 5.74) is 14.7. The molecule has 226 valence electrons. The number of amidine groups is 1. The third kappa shape index (κ3) is 5.81. The van der Waals surface area contributed by atoms with E-state index >= 15 is 0 Å². The Labute approximate surface area is 260 Å².